The number of ether oxygens (including phenoxy) is 3. The van der Waals surface area contributed by atoms with Crippen molar-refractivity contribution < 1.29 is 27.4 Å². The van der Waals surface area contributed by atoms with Crippen molar-refractivity contribution in [1.29, 1.82) is 0 Å². The van der Waals surface area contributed by atoms with Gasteiger partial charge in [-0.2, -0.15) is 0 Å². The minimum absolute atomic E-state index is 0.0477. The van der Waals surface area contributed by atoms with E-state index in [1.165, 1.54) is 6.20 Å². The summed E-state index contributed by atoms with van der Waals surface area (Å²) >= 11 is 6.24. The van der Waals surface area contributed by atoms with Crippen LogP contribution in [0.2, 0.25) is 5.02 Å². The Morgan fingerprint density at radius 1 is 1.14 bits per heavy atom. The van der Waals surface area contributed by atoms with Crippen LogP contribution >= 0.6 is 11.6 Å². The number of halogens is 1. The predicted molar refractivity (Wildman–Crippen MR) is 130 cm³/mol. The molecule has 0 spiro atoms. The third kappa shape index (κ3) is 5.19. The van der Waals surface area contributed by atoms with E-state index >= 15 is 0 Å². The van der Waals surface area contributed by atoms with Crippen molar-refractivity contribution in [1.82, 2.24) is 9.88 Å². The predicted octanol–water partition coefficient (Wildman–Crippen LogP) is 3.08. The van der Waals surface area contributed by atoms with Crippen molar-refractivity contribution >= 4 is 38.7 Å². The monoisotopic (exact) mass is 521 g/mol. The maximum Gasteiger partial charge on any atom is 0.225 e. The molecule has 0 aliphatic carbocycles. The minimum atomic E-state index is -3.52. The molecule has 1 aromatic heterocycles. The van der Waals surface area contributed by atoms with Crippen molar-refractivity contribution in [3.63, 3.8) is 0 Å². The number of sulfone groups is 1. The average Bonchev–Trinajstić information content (AvgIpc) is 3.31. The van der Waals surface area contributed by atoms with Crippen LogP contribution in [0, 0.1) is 5.92 Å². The summed E-state index contributed by atoms with van der Waals surface area (Å²) in [5.74, 6) is 1.61. The molecular weight excluding hydrogens is 494 g/mol. The summed E-state index contributed by atoms with van der Waals surface area (Å²) in [6, 6.07) is 7.22. The molecule has 0 N–H and O–H groups in total. The molecule has 2 fully saturated rings. The Hall–Kier alpha value is -2.56. The van der Waals surface area contributed by atoms with Gasteiger partial charge in [0.05, 0.1) is 35.7 Å². The zero-order chi connectivity index (χ0) is 24.6. The highest BCUT2D eigenvalue weighted by Gasteiger charge is 2.33. The summed E-state index contributed by atoms with van der Waals surface area (Å²) in [5.41, 5.74) is 1.45. The van der Waals surface area contributed by atoms with Crippen molar-refractivity contribution in [3.8, 4) is 11.5 Å². The number of likely N-dealkylation sites (tertiary alicyclic amines) is 1. The molecule has 0 bridgehead atoms. The lowest BCUT2D eigenvalue weighted by atomic mass is 9.99. The topological polar surface area (TPSA) is 98.3 Å². The normalized spacial score (nSPS) is 20.9. The first kappa shape index (κ1) is 24.1. The SMILES string of the molecule is CS(=O)(=O)c1ncc(N2CCOc3ccc(OC4CCN(C(=O)C5CCOCC5)C4)cc32)cc1Cl. The number of benzene rings is 1. The summed E-state index contributed by atoms with van der Waals surface area (Å²) in [4.78, 5) is 20.8. The molecule has 3 aliphatic heterocycles. The van der Waals surface area contributed by atoms with E-state index in [1.54, 1.807) is 6.07 Å². The zero-order valence-electron chi connectivity index (χ0n) is 19.5. The number of anilines is 2. The number of amides is 1. The largest absolute Gasteiger partial charge is 0.490 e. The number of carbonyl (C=O) groups is 1. The summed E-state index contributed by atoms with van der Waals surface area (Å²) in [6.07, 6.45) is 4.84. The van der Waals surface area contributed by atoms with Crippen LogP contribution in [-0.4, -0.2) is 76.0 Å². The Balaban J connectivity index is 1.31. The maximum atomic E-state index is 12.8. The molecule has 1 aromatic carbocycles. The van der Waals surface area contributed by atoms with Gasteiger partial charge in [-0.3, -0.25) is 4.79 Å². The van der Waals surface area contributed by atoms with Crippen LogP contribution in [0.25, 0.3) is 0 Å². The molecule has 2 aromatic rings. The second-order valence-electron chi connectivity index (χ2n) is 9.08. The lowest BCUT2D eigenvalue weighted by Crippen LogP contribution is -2.38. The number of fused-ring (bicyclic) bond motifs is 1. The molecule has 2 saturated heterocycles. The third-order valence-corrected chi connectivity index (χ3v) is 8.01. The van der Waals surface area contributed by atoms with E-state index in [2.05, 4.69) is 4.98 Å². The number of carbonyl (C=O) groups excluding carboxylic acids is 1. The lowest BCUT2D eigenvalue weighted by molar-refractivity contribution is -0.137. The highest BCUT2D eigenvalue weighted by Crippen LogP contribution is 2.40. The van der Waals surface area contributed by atoms with Gasteiger partial charge in [-0.1, -0.05) is 11.6 Å². The second-order valence-corrected chi connectivity index (χ2v) is 11.4. The lowest BCUT2D eigenvalue weighted by Gasteiger charge is -2.31. The van der Waals surface area contributed by atoms with Gasteiger partial charge in [-0.25, -0.2) is 13.4 Å². The van der Waals surface area contributed by atoms with Crippen LogP contribution in [0.5, 0.6) is 11.5 Å². The molecule has 4 heterocycles. The molecule has 5 rings (SSSR count). The van der Waals surface area contributed by atoms with E-state index in [0.29, 0.717) is 56.6 Å². The quantitative estimate of drug-likeness (QED) is 0.592. The molecule has 0 saturated carbocycles. The number of aromatic nitrogens is 1. The molecule has 1 atom stereocenters. The molecular formula is C24H28ClN3O6S. The molecule has 9 nitrogen and oxygen atoms in total. The van der Waals surface area contributed by atoms with Gasteiger partial charge in [-0.05, 0) is 31.0 Å². The summed E-state index contributed by atoms with van der Waals surface area (Å²) in [7, 11) is -3.52. The van der Waals surface area contributed by atoms with Gasteiger partial charge in [0, 0.05) is 44.4 Å². The minimum Gasteiger partial charge on any atom is -0.490 e. The number of hydrogen-bond donors (Lipinski definition) is 0. The van der Waals surface area contributed by atoms with Gasteiger partial charge < -0.3 is 24.0 Å². The van der Waals surface area contributed by atoms with Gasteiger partial charge in [-0.15, -0.1) is 0 Å². The summed E-state index contributed by atoms with van der Waals surface area (Å²) in [6.45, 7) is 3.57. The first-order valence-corrected chi connectivity index (χ1v) is 14.0. The van der Waals surface area contributed by atoms with Crippen LogP contribution in [-0.2, 0) is 19.4 Å². The van der Waals surface area contributed by atoms with Crippen molar-refractivity contribution in [2.75, 3.05) is 50.6 Å². The summed E-state index contributed by atoms with van der Waals surface area (Å²) < 4.78 is 41.2. The van der Waals surface area contributed by atoms with Crippen molar-refractivity contribution in [2.24, 2.45) is 5.92 Å². The third-order valence-electron chi connectivity index (χ3n) is 6.58. The molecule has 35 heavy (non-hydrogen) atoms. The van der Waals surface area contributed by atoms with E-state index in [4.69, 9.17) is 25.8 Å². The maximum absolute atomic E-state index is 12.8. The Bertz CT molecular complexity index is 1220. The van der Waals surface area contributed by atoms with Gasteiger partial charge in [0.1, 0.15) is 24.2 Å². The van der Waals surface area contributed by atoms with E-state index < -0.39 is 9.84 Å². The molecule has 11 heteroatoms. The van der Waals surface area contributed by atoms with Gasteiger partial charge in [0.15, 0.2) is 14.9 Å². The molecule has 1 amide bonds. The van der Waals surface area contributed by atoms with E-state index in [-0.39, 0.29) is 28.0 Å². The van der Waals surface area contributed by atoms with E-state index in [0.717, 1.165) is 31.2 Å². The Labute approximate surface area is 209 Å². The fourth-order valence-corrected chi connectivity index (χ4v) is 6.03. The Morgan fingerprint density at radius 3 is 2.69 bits per heavy atom. The average molecular weight is 522 g/mol. The standard InChI is InChI=1S/C24H28ClN3O6S/c1-35(30,31)23-20(25)12-17(14-26-23)28-8-11-33-22-3-2-18(13-21(22)28)34-19-4-7-27(15-19)24(29)16-5-9-32-10-6-16/h2-3,12-14,16,19H,4-11,15H2,1H3. The van der Waals surface area contributed by atoms with Crippen LogP contribution in [0.1, 0.15) is 19.3 Å². The second kappa shape index (κ2) is 9.83. The van der Waals surface area contributed by atoms with Crippen LogP contribution in [0.3, 0.4) is 0 Å². The zero-order valence-corrected chi connectivity index (χ0v) is 21.1. The highest BCUT2D eigenvalue weighted by molar-refractivity contribution is 7.90. The van der Waals surface area contributed by atoms with E-state index in [9.17, 15) is 13.2 Å². The first-order chi connectivity index (χ1) is 16.8. The molecule has 1 unspecified atom stereocenters. The smallest absolute Gasteiger partial charge is 0.225 e. The van der Waals surface area contributed by atoms with E-state index in [1.807, 2.05) is 28.0 Å². The number of pyridine rings is 1. The van der Waals surface area contributed by atoms with Crippen LogP contribution in [0.4, 0.5) is 11.4 Å². The first-order valence-electron chi connectivity index (χ1n) is 11.7. The van der Waals surface area contributed by atoms with Crippen LogP contribution in [0.15, 0.2) is 35.5 Å². The highest BCUT2D eigenvalue weighted by atomic mass is 35.5. The van der Waals surface area contributed by atoms with Gasteiger partial charge in [0.25, 0.3) is 0 Å². The van der Waals surface area contributed by atoms with Crippen molar-refractivity contribution in [2.45, 2.75) is 30.4 Å². The van der Waals surface area contributed by atoms with Crippen molar-refractivity contribution in [3.05, 3.63) is 35.5 Å². The fourth-order valence-electron chi connectivity index (χ4n) is 4.79. The van der Waals surface area contributed by atoms with Crippen LogP contribution < -0.4 is 14.4 Å². The summed E-state index contributed by atoms with van der Waals surface area (Å²) in [5, 5.41) is -0.0692. The Morgan fingerprint density at radius 2 is 1.94 bits per heavy atom. The Kier molecular flexibility index (Phi) is 6.78. The van der Waals surface area contributed by atoms with Gasteiger partial charge >= 0.3 is 0 Å². The molecule has 3 aliphatic rings. The number of hydrogen-bond acceptors (Lipinski definition) is 8. The molecule has 188 valence electrons. The van der Waals surface area contributed by atoms with Gasteiger partial charge in [0.2, 0.25) is 5.91 Å². The number of rotatable bonds is 5. The molecule has 0 radical (unpaired) electrons. The number of nitrogens with zero attached hydrogens (tertiary/aromatic N) is 3. The fraction of sp³-hybridized carbons (Fsp3) is 0.500.